The maximum atomic E-state index is 13.7. The number of hydrogen-bond acceptors (Lipinski definition) is 3. The highest BCUT2D eigenvalue weighted by Crippen LogP contribution is 2.28. The van der Waals surface area contributed by atoms with Crippen molar-refractivity contribution in [2.24, 2.45) is 11.7 Å². The smallest absolute Gasteiger partial charge is 0.150 e. The van der Waals surface area contributed by atoms with Gasteiger partial charge >= 0.3 is 0 Å². The molecule has 0 aliphatic heterocycles. The van der Waals surface area contributed by atoms with E-state index < -0.39 is 11.6 Å². The molecule has 0 atom stereocenters. The molecule has 0 aromatic heterocycles. The molecule has 1 aromatic rings. The van der Waals surface area contributed by atoms with Crippen LogP contribution in [0.3, 0.4) is 0 Å². The van der Waals surface area contributed by atoms with E-state index in [1.165, 1.54) is 12.8 Å². The van der Waals surface area contributed by atoms with Crippen LogP contribution in [-0.4, -0.2) is 24.7 Å². The van der Waals surface area contributed by atoms with E-state index in [4.69, 9.17) is 22.7 Å². The zero-order valence-corrected chi connectivity index (χ0v) is 11.9. The van der Waals surface area contributed by atoms with Crippen LogP contribution in [0.2, 0.25) is 0 Å². The van der Waals surface area contributed by atoms with E-state index in [9.17, 15) is 8.78 Å². The van der Waals surface area contributed by atoms with Crippen molar-refractivity contribution in [3.63, 3.8) is 0 Å². The molecule has 0 heterocycles. The molecular weight excluding hydrogens is 282 g/mol. The maximum Gasteiger partial charge on any atom is 0.150 e. The lowest BCUT2D eigenvalue weighted by molar-refractivity contribution is 0.124. The molecule has 0 unspecified atom stereocenters. The largest absolute Gasteiger partial charge is 0.389 e. The zero-order chi connectivity index (χ0) is 14.5. The Labute approximate surface area is 122 Å². The highest BCUT2D eigenvalue weighted by Gasteiger charge is 2.20. The van der Waals surface area contributed by atoms with Gasteiger partial charge in [-0.15, -0.1) is 0 Å². The first-order valence-electron chi connectivity index (χ1n) is 6.68. The number of ether oxygens (including phenoxy) is 1. The molecule has 0 bridgehead atoms. The first-order valence-corrected chi connectivity index (χ1v) is 7.09. The molecule has 1 saturated carbocycles. The van der Waals surface area contributed by atoms with E-state index in [2.05, 4.69) is 5.32 Å². The molecule has 0 saturated heterocycles. The molecule has 1 fully saturated rings. The summed E-state index contributed by atoms with van der Waals surface area (Å²) in [5.41, 5.74) is 5.39. The van der Waals surface area contributed by atoms with E-state index in [1.807, 2.05) is 0 Å². The van der Waals surface area contributed by atoms with Gasteiger partial charge in [0, 0.05) is 25.3 Å². The lowest BCUT2D eigenvalue weighted by Crippen LogP contribution is -2.13. The number of nitrogens with one attached hydrogen (secondary N) is 1. The lowest BCUT2D eigenvalue weighted by Gasteiger charge is -2.10. The van der Waals surface area contributed by atoms with Crippen molar-refractivity contribution in [3.8, 4) is 0 Å². The van der Waals surface area contributed by atoms with Gasteiger partial charge < -0.3 is 15.8 Å². The number of anilines is 1. The van der Waals surface area contributed by atoms with E-state index in [-0.39, 0.29) is 16.2 Å². The molecule has 0 radical (unpaired) electrons. The predicted octanol–water partition coefficient (Wildman–Crippen LogP) is 2.83. The average molecular weight is 300 g/mol. The summed E-state index contributed by atoms with van der Waals surface area (Å²) in [7, 11) is 0. The summed E-state index contributed by atoms with van der Waals surface area (Å²) >= 11 is 4.69. The summed E-state index contributed by atoms with van der Waals surface area (Å²) in [6.07, 6.45) is 3.21. The van der Waals surface area contributed by atoms with E-state index in [0.717, 1.165) is 24.7 Å². The monoisotopic (exact) mass is 300 g/mol. The maximum absolute atomic E-state index is 13.7. The normalized spacial score (nSPS) is 14.3. The molecule has 0 spiro atoms. The third-order valence-electron chi connectivity index (χ3n) is 3.14. The highest BCUT2D eigenvalue weighted by molar-refractivity contribution is 7.80. The fourth-order valence-electron chi connectivity index (χ4n) is 1.81. The van der Waals surface area contributed by atoms with Gasteiger partial charge in [0.15, 0.2) is 0 Å². The van der Waals surface area contributed by atoms with Gasteiger partial charge in [-0.1, -0.05) is 12.2 Å². The van der Waals surface area contributed by atoms with Gasteiger partial charge in [-0.3, -0.25) is 0 Å². The SMILES string of the molecule is NC(=S)c1cc(F)c(NCCCOCC2CC2)c(F)c1. The summed E-state index contributed by atoms with van der Waals surface area (Å²) in [5.74, 6) is -0.649. The van der Waals surface area contributed by atoms with Crippen LogP contribution in [0.25, 0.3) is 0 Å². The number of nitrogens with two attached hydrogens (primary N) is 1. The summed E-state index contributed by atoms with van der Waals surface area (Å²) in [5, 5.41) is 2.74. The minimum atomic E-state index is -0.688. The van der Waals surface area contributed by atoms with Crippen LogP contribution in [-0.2, 0) is 4.74 Å². The average Bonchev–Trinajstić information content (AvgIpc) is 3.19. The van der Waals surface area contributed by atoms with Gasteiger partial charge in [0.2, 0.25) is 0 Å². The number of benzene rings is 1. The summed E-state index contributed by atoms with van der Waals surface area (Å²) in [6, 6.07) is 2.27. The van der Waals surface area contributed by atoms with Gasteiger partial charge in [0.05, 0.1) is 0 Å². The molecule has 1 aliphatic rings. The predicted molar refractivity (Wildman–Crippen MR) is 78.9 cm³/mol. The molecule has 1 aromatic carbocycles. The molecule has 20 heavy (non-hydrogen) atoms. The number of halogens is 2. The van der Waals surface area contributed by atoms with Crippen LogP contribution in [0.5, 0.6) is 0 Å². The van der Waals surface area contributed by atoms with Crippen molar-refractivity contribution < 1.29 is 13.5 Å². The van der Waals surface area contributed by atoms with Gasteiger partial charge in [-0.25, -0.2) is 8.78 Å². The standard InChI is InChI=1S/C14H18F2N2OS/c15-11-6-10(14(17)20)7-12(16)13(11)18-4-1-5-19-8-9-2-3-9/h6-7,9,18H,1-5,8H2,(H2,17,20). The fourth-order valence-corrected chi connectivity index (χ4v) is 1.92. The van der Waals surface area contributed by atoms with Crippen LogP contribution in [0.1, 0.15) is 24.8 Å². The van der Waals surface area contributed by atoms with Gasteiger partial charge in [0.25, 0.3) is 0 Å². The second-order valence-electron chi connectivity index (χ2n) is 4.98. The Morgan fingerprint density at radius 3 is 2.55 bits per heavy atom. The number of thiocarbonyl (C=S) groups is 1. The first kappa shape index (κ1) is 15.1. The lowest BCUT2D eigenvalue weighted by atomic mass is 10.2. The second-order valence-corrected chi connectivity index (χ2v) is 5.42. The van der Waals surface area contributed by atoms with Crippen molar-refractivity contribution in [3.05, 3.63) is 29.3 Å². The van der Waals surface area contributed by atoms with Gasteiger partial charge in [-0.2, -0.15) is 0 Å². The molecule has 6 heteroatoms. The Bertz CT molecular complexity index is 469. The number of hydrogen-bond donors (Lipinski definition) is 2. The van der Waals surface area contributed by atoms with Crippen molar-refractivity contribution in [1.82, 2.24) is 0 Å². The molecule has 0 amide bonds. The summed E-state index contributed by atoms with van der Waals surface area (Å²) in [6.45, 7) is 1.84. The topological polar surface area (TPSA) is 47.3 Å². The van der Waals surface area contributed by atoms with E-state index in [1.54, 1.807) is 0 Å². The van der Waals surface area contributed by atoms with Crippen molar-refractivity contribution >= 4 is 22.9 Å². The minimum absolute atomic E-state index is 0.0252. The van der Waals surface area contributed by atoms with Gasteiger partial charge in [0.1, 0.15) is 22.3 Å². The fraction of sp³-hybridized carbons (Fsp3) is 0.500. The zero-order valence-electron chi connectivity index (χ0n) is 11.1. The molecule has 110 valence electrons. The van der Waals surface area contributed by atoms with Gasteiger partial charge in [-0.05, 0) is 37.3 Å². The third kappa shape index (κ3) is 4.38. The molecule has 2 rings (SSSR count). The van der Waals surface area contributed by atoms with Crippen molar-refractivity contribution in [2.45, 2.75) is 19.3 Å². The Morgan fingerprint density at radius 1 is 1.35 bits per heavy atom. The molecule has 3 nitrogen and oxygen atoms in total. The summed E-state index contributed by atoms with van der Waals surface area (Å²) < 4.78 is 32.9. The number of rotatable bonds is 8. The van der Waals surface area contributed by atoms with E-state index >= 15 is 0 Å². The minimum Gasteiger partial charge on any atom is -0.389 e. The Balaban J connectivity index is 1.78. The first-order chi connectivity index (χ1) is 9.58. The second kappa shape index (κ2) is 6.95. The van der Waals surface area contributed by atoms with E-state index in [0.29, 0.717) is 19.6 Å². The van der Waals surface area contributed by atoms with Crippen LogP contribution in [0, 0.1) is 17.6 Å². The molecule has 3 N–H and O–H groups in total. The van der Waals surface area contributed by atoms with Crippen LogP contribution >= 0.6 is 12.2 Å². The quantitative estimate of drug-likeness (QED) is 0.572. The van der Waals surface area contributed by atoms with Crippen molar-refractivity contribution in [1.29, 1.82) is 0 Å². The Kier molecular flexibility index (Phi) is 5.25. The Morgan fingerprint density at radius 2 is 2.00 bits per heavy atom. The summed E-state index contributed by atoms with van der Waals surface area (Å²) in [4.78, 5) is -0.0252. The van der Waals surface area contributed by atoms with Crippen LogP contribution in [0.4, 0.5) is 14.5 Å². The molecule has 1 aliphatic carbocycles. The Hall–Kier alpha value is -1.27. The third-order valence-corrected chi connectivity index (χ3v) is 3.38. The van der Waals surface area contributed by atoms with Crippen LogP contribution in [0.15, 0.2) is 12.1 Å². The van der Waals surface area contributed by atoms with Crippen LogP contribution < -0.4 is 11.1 Å². The molecular formula is C14H18F2N2OS. The van der Waals surface area contributed by atoms with Crippen molar-refractivity contribution in [2.75, 3.05) is 25.1 Å². The highest BCUT2D eigenvalue weighted by atomic mass is 32.1.